The van der Waals surface area contributed by atoms with Gasteiger partial charge in [-0.25, -0.2) is 4.98 Å². The molecule has 2 fully saturated rings. The van der Waals surface area contributed by atoms with E-state index < -0.39 is 0 Å². The molecule has 0 N–H and O–H groups in total. The average Bonchev–Trinajstić information content (AvgIpc) is 2.90. The van der Waals surface area contributed by atoms with Gasteiger partial charge in [0.15, 0.2) is 5.13 Å². The Labute approximate surface area is 126 Å². The first kappa shape index (κ1) is 15.1. The van der Waals surface area contributed by atoms with Crippen molar-refractivity contribution >= 4 is 28.9 Å². The summed E-state index contributed by atoms with van der Waals surface area (Å²) in [6.07, 6.45) is 6.92. The summed E-state index contributed by atoms with van der Waals surface area (Å²) in [6.45, 7) is 4.60. The van der Waals surface area contributed by atoms with Crippen LogP contribution in [0, 0.1) is 0 Å². The number of hydrogen-bond donors (Lipinski definition) is 0. The lowest BCUT2D eigenvalue weighted by Crippen LogP contribution is -2.44. The van der Waals surface area contributed by atoms with Crippen LogP contribution in [0.15, 0.2) is 5.38 Å². The molecule has 0 amide bonds. The van der Waals surface area contributed by atoms with Gasteiger partial charge in [0.05, 0.1) is 5.69 Å². The maximum Gasteiger partial charge on any atom is 0.185 e. The monoisotopic (exact) mass is 301 g/mol. The van der Waals surface area contributed by atoms with Crippen LogP contribution in [-0.4, -0.2) is 43.1 Å². The summed E-state index contributed by atoms with van der Waals surface area (Å²) in [5.41, 5.74) is 1.37. The van der Waals surface area contributed by atoms with E-state index in [0.29, 0.717) is 0 Å². The first-order chi connectivity index (χ1) is 8.83. The highest BCUT2D eigenvalue weighted by molar-refractivity contribution is 7.13. The number of anilines is 1. The lowest BCUT2D eigenvalue weighted by Gasteiger charge is -2.32. The Morgan fingerprint density at radius 3 is 2.47 bits per heavy atom. The topological polar surface area (TPSA) is 19.4 Å². The number of likely N-dealkylation sites (N-methyl/N-ethyl adjacent to an activating group) is 1. The van der Waals surface area contributed by atoms with Gasteiger partial charge in [0.1, 0.15) is 0 Å². The second-order valence-electron chi connectivity index (χ2n) is 5.68. The molecule has 5 heteroatoms. The smallest absolute Gasteiger partial charge is 0.185 e. The van der Waals surface area contributed by atoms with Crippen molar-refractivity contribution in [2.24, 2.45) is 0 Å². The van der Waals surface area contributed by atoms with Crippen molar-refractivity contribution in [3.8, 4) is 0 Å². The molecule has 0 atom stereocenters. The van der Waals surface area contributed by atoms with Crippen LogP contribution in [0.3, 0.4) is 0 Å². The van der Waals surface area contributed by atoms with E-state index >= 15 is 0 Å². The quantitative estimate of drug-likeness (QED) is 0.835. The summed E-state index contributed by atoms with van der Waals surface area (Å²) in [5.74, 6) is 0.746. The molecule has 2 heterocycles. The summed E-state index contributed by atoms with van der Waals surface area (Å²) in [6, 6.07) is 0. The molecule has 1 saturated heterocycles. The van der Waals surface area contributed by atoms with Gasteiger partial charge in [0, 0.05) is 37.5 Å². The van der Waals surface area contributed by atoms with E-state index in [1.807, 2.05) is 11.3 Å². The third-order valence-corrected chi connectivity index (χ3v) is 5.23. The molecule has 1 aromatic rings. The van der Waals surface area contributed by atoms with Gasteiger partial charge >= 0.3 is 0 Å². The van der Waals surface area contributed by atoms with Gasteiger partial charge in [-0.1, -0.05) is 19.3 Å². The maximum absolute atomic E-state index is 4.91. The SMILES string of the molecule is CN1CCN(c2nc(C3CCCCC3)cs2)CC1.Cl. The zero-order valence-corrected chi connectivity index (χ0v) is 13.3. The van der Waals surface area contributed by atoms with Crippen LogP contribution in [0.2, 0.25) is 0 Å². The molecule has 1 aliphatic carbocycles. The van der Waals surface area contributed by atoms with Gasteiger partial charge in [-0.15, -0.1) is 23.7 Å². The third kappa shape index (κ3) is 3.61. The Hall–Kier alpha value is -0.320. The number of rotatable bonds is 2. The maximum atomic E-state index is 4.91. The Kier molecular flexibility index (Phi) is 5.48. The van der Waals surface area contributed by atoms with Crippen molar-refractivity contribution in [1.29, 1.82) is 0 Å². The molecule has 0 aromatic carbocycles. The lowest BCUT2D eigenvalue weighted by atomic mass is 9.87. The fourth-order valence-corrected chi connectivity index (χ4v) is 3.97. The second kappa shape index (κ2) is 6.91. The first-order valence-corrected chi connectivity index (χ1v) is 8.10. The molecule has 0 spiro atoms. The molecular formula is C14H24ClN3S. The fraction of sp³-hybridized carbons (Fsp3) is 0.786. The number of nitrogens with zero attached hydrogens (tertiary/aromatic N) is 3. The molecule has 0 radical (unpaired) electrons. The van der Waals surface area contributed by atoms with Crippen LogP contribution in [0.25, 0.3) is 0 Å². The van der Waals surface area contributed by atoms with Gasteiger partial charge < -0.3 is 9.80 Å². The van der Waals surface area contributed by atoms with Crippen molar-refractivity contribution in [2.75, 3.05) is 38.1 Å². The average molecular weight is 302 g/mol. The minimum absolute atomic E-state index is 0. The predicted molar refractivity (Wildman–Crippen MR) is 84.9 cm³/mol. The van der Waals surface area contributed by atoms with Crippen molar-refractivity contribution < 1.29 is 0 Å². The highest BCUT2D eigenvalue weighted by atomic mass is 35.5. The van der Waals surface area contributed by atoms with E-state index in [9.17, 15) is 0 Å². The van der Waals surface area contributed by atoms with Crippen LogP contribution in [0.1, 0.15) is 43.7 Å². The molecule has 108 valence electrons. The second-order valence-corrected chi connectivity index (χ2v) is 6.52. The lowest BCUT2D eigenvalue weighted by molar-refractivity contribution is 0.312. The molecule has 0 unspecified atom stereocenters. The summed E-state index contributed by atoms with van der Waals surface area (Å²) >= 11 is 1.85. The molecular weight excluding hydrogens is 278 g/mol. The number of thiazole rings is 1. The normalized spacial score (nSPS) is 22.3. The Morgan fingerprint density at radius 2 is 1.79 bits per heavy atom. The fourth-order valence-electron chi connectivity index (χ4n) is 3.01. The summed E-state index contributed by atoms with van der Waals surface area (Å²) in [7, 11) is 2.20. The van der Waals surface area contributed by atoms with E-state index in [-0.39, 0.29) is 12.4 Å². The van der Waals surface area contributed by atoms with Gasteiger partial charge in [-0.2, -0.15) is 0 Å². The number of aromatic nitrogens is 1. The van der Waals surface area contributed by atoms with Gasteiger partial charge in [0.2, 0.25) is 0 Å². The number of hydrogen-bond acceptors (Lipinski definition) is 4. The van der Waals surface area contributed by atoms with E-state index in [4.69, 9.17) is 4.98 Å². The highest BCUT2D eigenvalue weighted by Gasteiger charge is 2.21. The third-order valence-electron chi connectivity index (χ3n) is 4.31. The van der Waals surface area contributed by atoms with E-state index in [1.165, 1.54) is 56.0 Å². The molecule has 1 saturated carbocycles. The zero-order chi connectivity index (χ0) is 12.4. The van der Waals surface area contributed by atoms with Crippen LogP contribution < -0.4 is 4.90 Å². The largest absolute Gasteiger partial charge is 0.346 e. The van der Waals surface area contributed by atoms with Crippen LogP contribution in [0.4, 0.5) is 5.13 Å². The minimum Gasteiger partial charge on any atom is -0.346 e. The standard InChI is InChI=1S/C14H23N3S.ClH/c1-16-7-9-17(10-8-16)14-15-13(11-18-14)12-5-3-2-4-6-12;/h11-12H,2-10H2,1H3;1H. The van der Waals surface area contributed by atoms with E-state index in [2.05, 4.69) is 22.2 Å². The zero-order valence-electron chi connectivity index (χ0n) is 11.7. The molecule has 3 nitrogen and oxygen atoms in total. The van der Waals surface area contributed by atoms with E-state index in [1.54, 1.807) is 0 Å². The van der Waals surface area contributed by atoms with Gasteiger partial charge in [0.25, 0.3) is 0 Å². The van der Waals surface area contributed by atoms with Gasteiger partial charge in [-0.3, -0.25) is 0 Å². The summed E-state index contributed by atoms with van der Waals surface area (Å²) in [5, 5.41) is 3.56. The Balaban J connectivity index is 0.00000133. The first-order valence-electron chi connectivity index (χ1n) is 7.22. The number of halogens is 1. The van der Waals surface area contributed by atoms with Crippen LogP contribution in [0.5, 0.6) is 0 Å². The Bertz CT molecular complexity index is 382. The van der Waals surface area contributed by atoms with Crippen molar-refractivity contribution in [2.45, 2.75) is 38.0 Å². The van der Waals surface area contributed by atoms with Crippen molar-refractivity contribution in [3.63, 3.8) is 0 Å². The highest BCUT2D eigenvalue weighted by Crippen LogP contribution is 2.35. The Morgan fingerprint density at radius 1 is 1.11 bits per heavy atom. The predicted octanol–water partition coefficient (Wildman–Crippen LogP) is 3.36. The summed E-state index contributed by atoms with van der Waals surface area (Å²) in [4.78, 5) is 9.76. The van der Waals surface area contributed by atoms with Crippen LogP contribution in [-0.2, 0) is 0 Å². The number of piperazine rings is 1. The molecule has 1 aromatic heterocycles. The molecule has 3 rings (SSSR count). The van der Waals surface area contributed by atoms with Crippen LogP contribution >= 0.6 is 23.7 Å². The minimum atomic E-state index is 0. The molecule has 2 aliphatic rings. The molecule has 1 aliphatic heterocycles. The van der Waals surface area contributed by atoms with Crippen molar-refractivity contribution in [3.05, 3.63) is 11.1 Å². The van der Waals surface area contributed by atoms with Gasteiger partial charge in [-0.05, 0) is 19.9 Å². The summed E-state index contributed by atoms with van der Waals surface area (Å²) < 4.78 is 0. The molecule has 19 heavy (non-hydrogen) atoms. The van der Waals surface area contributed by atoms with E-state index in [0.717, 1.165) is 19.0 Å². The molecule has 0 bridgehead atoms. The van der Waals surface area contributed by atoms with Crippen molar-refractivity contribution in [1.82, 2.24) is 9.88 Å².